The predicted molar refractivity (Wildman–Crippen MR) is 114 cm³/mol. The highest BCUT2D eigenvalue weighted by Crippen LogP contribution is 2.32. The Bertz CT molecular complexity index is 884. The number of benzene rings is 2. The van der Waals surface area contributed by atoms with Gasteiger partial charge in [-0.25, -0.2) is 0 Å². The number of halogens is 1. The van der Waals surface area contributed by atoms with Gasteiger partial charge in [-0.05, 0) is 35.9 Å². The van der Waals surface area contributed by atoms with Crippen LogP contribution in [0.15, 0.2) is 64.0 Å². The molecule has 26 heavy (non-hydrogen) atoms. The molecule has 1 aliphatic rings. The number of hydrogen-bond donors (Lipinski definition) is 1. The Morgan fingerprint density at radius 1 is 1.19 bits per heavy atom. The molecule has 1 N–H and O–H groups in total. The molecule has 4 nitrogen and oxygen atoms in total. The first-order valence-corrected chi connectivity index (χ1v) is 9.90. The van der Waals surface area contributed by atoms with Crippen molar-refractivity contribution in [2.75, 3.05) is 11.9 Å². The van der Waals surface area contributed by atoms with Crippen molar-refractivity contribution in [3.8, 4) is 0 Å². The summed E-state index contributed by atoms with van der Waals surface area (Å²) in [6.45, 7) is 0.263. The molecule has 0 aromatic heterocycles. The number of carbonyl (C=O) groups excluding carboxylic acids is 2. The number of nitrogens with one attached hydrogen (secondary N) is 1. The third kappa shape index (κ3) is 4.81. The Morgan fingerprint density at radius 2 is 1.96 bits per heavy atom. The molecule has 2 aromatic carbocycles. The van der Waals surface area contributed by atoms with Crippen LogP contribution in [0.4, 0.5) is 5.69 Å². The number of anilines is 1. The van der Waals surface area contributed by atoms with Crippen LogP contribution in [0.1, 0.15) is 12.0 Å². The lowest BCUT2D eigenvalue weighted by Crippen LogP contribution is -2.31. The van der Waals surface area contributed by atoms with Crippen molar-refractivity contribution in [1.82, 2.24) is 4.90 Å². The van der Waals surface area contributed by atoms with E-state index in [1.165, 1.54) is 16.7 Å². The number of nitrogens with zero attached hydrogens (tertiary/aromatic N) is 1. The van der Waals surface area contributed by atoms with Crippen LogP contribution in [0.3, 0.4) is 0 Å². The number of amides is 2. The van der Waals surface area contributed by atoms with Crippen molar-refractivity contribution >= 4 is 67.8 Å². The molecule has 0 bridgehead atoms. The molecular weight excluding hydrogens is 432 g/mol. The van der Waals surface area contributed by atoms with Gasteiger partial charge in [0.05, 0.1) is 4.91 Å². The second kappa shape index (κ2) is 8.62. The molecule has 1 aliphatic heterocycles. The van der Waals surface area contributed by atoms with Crippen LogP contribution in [0, 0.1) is 0 Å². The average Bonchev–Trinajstić information content (AvgIpc) is 2.87. The lowest BCUT2D eigenvalue weighted by Gasteiger charge is -2.14. The van der Waals surface area contributed by atoms with Crippen LogP contribution in [-0.4, -0.2) is 27.6 Å². The predicted octanol–water partition coefficient (Wildman–Crippen LogP) is 4.68. The standard InChI is InChI=1S/C19H15BrN2O2S2/c20-14-6-4-5-13(11-14)12-16-18(24)22(19(25)26-16)10-9-17(23)21-15-7-2-1-3-8-15/h1-8,11-12H,9-10H2,(H,21,23)/b16-12-. The van der Waals surface area contributed by atoms with Crippen LogP contribution < -0.4 is 5.32 Å². The van der Waals surface area contributed by atoms with Gasteiger partial charge in [-0.15, -0.1) is 0 Å². The quantitative estimate of drug-likeness (QED) is 0.534. The highest BCUT2D eigenvalue weighted by atomic mass is 79.9. The largest absolute Gasteiger partial charge is 0.326 e. The zero-order chi connectivity index (χ0) is 18.5. The Labute approximate surface area is 169 Å². The van der Waals surface area contributed by atoms with Gasteiger partial charge < -0.3 is 5.32 Å². The lowest BCUT2D eigenvalue weighted by atomic mass is 10.2. The van der Waals surface area contributed by atoms with E-state index in [0.29, 0.717) is 9.23 Å². The molecule has 0 unspecified atom stereocenters. The summed E-state index contributed by atoms with van der Waals surface area (Å²) < 4.78 is 1.42. The van der Waals surface area contributed by atoms with E-state index in [1.54, 1.807) is 0 Å². The van der Waals surface area contributed by atoms with Gasteiger partial charge in [0, 0.05) is 23.1 Å². The van der Waals surface area contributed by atoms with Crippen molar-refractivity contribution < 1.29 is 9.59 Å². The zero-order valence-electron chi connectivity index (χ0n) is 13.6. The van der Waals surface area contributed by atoms with E-state index in [-0.39, 0.29) is 24.8 Å². The van der Waals surface area contributed by atoms with Crippen LogP contribution in [-0.2, 0) is 9.59 Å². The molecule has 0 saturated carbocycles. The van der Waals surface area contributed by atoms with Gasteiger partial charge in [0.15, 0.2) is 0 Å². The second-order valence-corrected chi connectivity index (χ2v) is 8.14. The maximum absolute atomic E-state index is 12.6. The van der Waals surface area contributed by atoms with E-state index in [0.717, 1.165) is 15.7 Å². The first-order valence-electron chi connectivity index (χ1n) is 7.89. The molecule has 2 amide bonds. The second-order valence-electron chi connectivity index (χ2n) is 5.55. The molecular formula is C19H15BrN2O2S2. The van der Waals surface area contributed by atoms with Crippen molar-refractivity contribution in [1.29, 1.82) is 0 Å². The maximum Gasteiger partial charge on any atom is 0.266 e. The van der Waals surface area contributed by atoms with Gasteiger partial charge in [-0.2, -0.15) is 0 Å². The Morgan fingerprint density at radius 3 is 2.69 bits per heavy atom. The fourth-order valence-electron chi connectivity index (χ4n) is 2.40. The molecule has 3 rings (SSSR count). The smallest absolute Gasteiger partial charge is 0.266 e. The third-order valence-electron chi connectivity index (χ3n) is 3.64. The monoisotopic (exact) mass is 446 g/mol. The van der Waals surface area contributed by atoms with Gasteiger partial charge in [0.1, 0.15) is 4.32 Å². The molecule has 1 saturated heterocycles. The van der Waals surface area contributed by atoms with Gasteiger partial charge in [0.25, 0.3) is 5.91 Å². The molecule has 0 atom stereocenters. The van der Waals surface area contributed by atoms with Gasteiger partial charge in [0.2, 0.25) is 5.91 Å². The summed E-state index contributed by atoms with van der Waals surface area (Å²) in [5.41, 5.74) is 1.65. The van der Waals surface area contributed by atoms with Crippen LogP contribution >= 0.6 is 39.9 Å². The number of thiocarbonyl (C=S) groups is 1. The van der Waals surface area contributed by atoms with Crippen molar-refractivity contribution in [3.05, 3.63) is 69.5 Å². The minimum Gasteiger partial charge on any atom is -0.326 e. The van der Waals surface area contributed by atoms with Gasteiger partial charge in [-0.3, -0.25) is 14.5 Å². The number of carbonyl (C=O) groups is 2. The minimum absolute atomic E-state index is 0.152. The molecule has 0 radical (unpaired) electrons. The number of thioether (sulfide) groups is 1. The van der Waals surface area contributed by atoms with E-state index in [4.69, 9.17) is 12.2 Å². The molecule has 0 spiro atoms. The molecule has 1 fully saturated rings. The molecule has 132 valence electrons. The summed E-state index contributed by atoms with van der Waals surface area (Å²) in [4.78, 5) is 26.7. The molecule has 2 aromatic rings. The summed E-state index contributed by atoms with van der Waals surface area (Å²) >= 11 is 9.98. The number of rotatable bonds is 5. The van der Waals surface area contributed by atoms with E-state index in [2.05, 4.69) is 21.2 Å². The first kappa shape index (κ1) is 18.8. The summed E-state index contributed by atoms with van der Waals surface area (Å²) in [6, 6.07) is 16.9. The normalized spacial score (nSPS) is 15.6. The SMILES string of the molecule is O=C(CCN1C(=O)/C(=C/c2cccc(Br)c2)SC1=S)Nc1ccccc1. The van der Waals surface area contributed by atoms with Crippen LogP contribution in [0.2, 0.25) is 0 Å². The number of para-hydroxylation sites is 1. The summed E-state index contributed by atoms with van der Waals surface area (Å²) in [6.07, 6.45) is 2.00. The third-order valence-corrected chi connectivity index (χ3v) is 5.51. The van der Waals surface area contributed by atoms with Crippen LogP contribution in [0.25, 0.3) is 6.08 Å². The summed E-state index contributed by atoms with van der Waals surface area (Å²) in [5.74, 6) is -0.311. The van der Waals surface area contributed by atoms with E-state index in [9.17, 15) is 9.59 Å². The van der Waals surface area contributed by atoms with Crippen LogP contribution in [0.5, 0.6) is 0 Å². The van der Waals surface area contributed by atoms with Crippen molar-refractivity contribution in [2.45, 2.75) is 6.42 Å². The Balaban J connectivity index is 1.61. The highest BCUT2D eigenvalue weighted by molar-refractivity contribution is 9.10. The summed E-state index contributed by atoms with van der Waals surface area (Å²) in [7, 11) is 0. The fraction of sp³-hybridized carbons (Fsp3) is 0.105. The van der Waals surface area contributed by atoms with E-state index in [1.807, 2.05) is 60.7 Å². The highest BCUT2D eigenvalue weighted by Gasteiger charge is 2.32. The van der Waals surface area contributed by atoms with Gasteiger partial charge in [-0.1, -0.05) is 70.2 Å². The van der Waals surface area contributed by atoms with E-state index >= 15 is 0 Å². The van der Waals surface area contributed by atoms with Crippen molar-refractivity contribution in [3.63, 3.8) is 0 Å². The number of hydrogen-bond acceptors (Lipinski definition) is 4. The minimum atomic E-state index is -0.160. The fourth-order valence-corrected chi connectivity index (χ4v) is 4.12. The van der Waals surface area contributed by atoms with Gasteiger partial charge >= 0.3 is 0 Å². The molecule has 7 heteroatoms. The maximum atomic E-state index is 12.6. The Hall–Kier alpha value is -1.96. The molecule has 0 aliphatic carbocycles. The lowest BCUT2D eigenvalue weighted by molar-refractivity contribution is -0.122. The van der Waals surface area contributed by atoms with E-state index < -0.39 is 0 Å². The van der Waals surface area contributed by atoms with Crippen molar-refractivity contribution in [2.24, 2.45) is 0 Å². The average molecular weight is 447 g/mol. The topological polar surface area (TPSA) is 49.4 Å². The first-order chi connectivity index (χ1) is 12.5. The summed E-state index contributed by atoms with van der Waals surface area (Å²) in [5, 5.41) is 2.81. The Kier molecular flexibility index (Phi) is 6.24. The molecule has 1 heterocycles. The zero-order valence-corrected chi connectivity index (χ0v) is 16.9.